The average molecular weight is 422 g/mol. The zero-order valence-corrected chi connectivity index (χ0v) is 18.5. The molecule has 1 heterocycles. The van der Waals surface area contributed by atoms with Crippen LogP contribution in [0.3, 0.4) is 0 Å². The molecule has 3 rings (SSSR count). The maximum absolute atomic E-state index is 5.89. The van der Waals surface area contributed by atoms with E-state index in [1.54, 1.807) is 13.3 Å². The molecule has 0 radical (unpaired) electrons. The van der Waals surface area contributed by atoms with Crippen LogP contribution in [0.4, 0.5) is 0 Å². The number of aliphatic imine (C=N–C) groups is 1. The van der Waals surface area contributed by atoms with Gasteiger partial charge in [0, 0.05) is 38.2 Å². The van der Waals surface area contributed by atoms with Crippen LogP contribution >= 0.6 is 0 Å². The number of rotatable bonds is 10. The summed E-state index contributed by atoms with van der Waals surface area (Å²) in [7, 11) is 1.67. The highest BCUT2D eigenvalue weighted by Gasteiger charge is 2.06. The quantitative estimate of drug-likeness (QED) is 0.298. The molecule has 0 fully saturated rings. The van der Waals surface area contributed by atoms with Crippen molar-refractivity contribution in [2.75, 3.05) is 26.9 Å². The van der Waals surface area contributed by atoms with Crippen molar-refractivity contribution >= 4 is 5.96 Å². The Bertz CT molecular complexity index is 953. The summed E-state index contributed by atoms with van der Waals surface area (Å²) in [5, 5.41) is 11.0. The fourth-order valence-corrected chi connectivity index (χ4v) is 3.04. The molecule has 7 heteroatoms. The van der Waals surface area contributed by atoms with Gasteiger partial charge in [-0.15, -0.1) is 0 Å². The molecule has 0 saturated carbocycles. The molecule has 0 aliphatic heterocycles. The molecule has 164 valence electrons. The Labute approximate surface area is 184 Å². The molecule has 7 nitrogen and oxygen atoms in total. The fraction of sp³-hybridized carbons (Fsp3) is 0.333. The van der Waals surface area contributed by atoms with Crippen molar-refractivity contribution in [3.05, 3.63) is 77.6 Å². The molecule has 0 aliphatic rings. The van der Waals surface area contributed by atoms with E-state index in [1.807, 2.05) is 29.1 Å². The normalized spacial score (nSPS) is 11.4. The predicted molar refractivity (Wildman–Crippen MR) is 124 cm³/mol. The molecule has 3 aromatic rings. The molecule has 1 aromatic heterocycles. The number of ether oxygens (including phenoxy) is 2. The Morgan fingerprint density at radius 3 is 2.65 bits per heavy atom. The highest BCUT2D eigenvalue weighted by Crippen LogP contribution is 2.20. The van der Waals surface area contributed by atoms with E-state index in [-0.39, 0.29) is 0 Å². The van der Waals surface area contributed by atoms with Gasteiger partial charge in [-0.25, -0.2) is 9.67 Å². The minimum atomic E-state index is 0.523. The van der Waals surface area contributed by atoms with E-state index >= 15 is 0 Å². The van der Waals surface area contributed by atoms with E-state index in [4.69, 9.17) is 14.5 Å². The van der Waals surface area contributed by atoms with Crippen LogP contribution in [0.5, 0.6) is 5.75 Å². The van der Waals surface area contributed by atoms with Gasteiger partial charge in [-0.05, 0) is 49.2 Å². The van der Waals surface area contributed by atoms with Crippen LogP contribution in [-0.2, 0) is 17.8 Å². The number of nitrogens with one attached hydrogen (secondary N) is 2. The number of guanidine groups is 1. The van der Waals surface area contributed by atoms with E-state index in [0.717, 1.165) is 40.6 Å². The van der Waals surface area contributed by atoms with E-state index < -0.39 is 0 Å². The van der Waals surface area contributed by atoms with Crippen molar-refractivity contribution in [3.63, 3.8) is 0 Å². The van der Waals surface area contributed by atoms with Crippen molar-refractivity contribution in [3.8, 4) is 11.4 Å². The number of hydrogen-bond acceptors (Lipinski definition) is 4. The van der Waals surface area contributed by atoms with Crippen LogP contribution in [0.2, 0.25) is 0 Å². The van der Waals surface area contributed by atoms with Crippen molar-refractivity contribution in [2.45, 2.75) is 26.9 Å². The minimum absolute atomic E-state index is 0.523. The molecular weight excluding hydrogens is 390 g/mol. The molecule has 0 unspecified atom stereocenters. The topological polar surface area (TPSA) is 72.7 Å². The zero-order valence-electron chi connectivity index (χ0n) is 18.5. The van der Waals surface area contributed by atoms with Gasteiger partial charge in [0.1, 0.15) is 12.4 Å². The van der Waals surface area contributed by atoms with Crippen molar-refractivity contribution in [1.82, 2.24) is 20.4 Å². The smallest absolute Gasteiger partial charge is 0.191 e. The Morgan fingerprint density at radius 2 is 1.94 bits per heavy atom. The molecule has 0 aliphatic carbocycles. The summed E-state index contributed by atoms with van der Waals surface area (Å²) in [4.78, 5) is 4.73. The summed E-state index contributed by atoms with van der Waals surface area (Å²) < 4.78 is 12.8. The van der Waals surface area contributed by atoms with Gasteiger partial charge in [-0.1, -0.05) is 24.3 Å². The monoisotopic (exact) mass is 421 g/mol. The third kappa shape index (κ3) is 6.86. The van der Waals surface area contributed by atoms with Crippen LogP contribution < -0.4 is 15.4 Å². The second kappa shape index (κ2) is 11.8. The first kappa shape index (κ1) is 22.4. The number of aromatic nitrogens is 2. The van der Waals surface area contributed by atoms with E-state index in [0.29, 0.717) is 26.3 Å². The lowest BCUT2D eigenvalue weighted by molar-refractivity contribution is 0.145. The van der Waals surface area contributed by atoms with Gasteiger partial charge in [-0.3, -0.25) is 0 Å². The summed E-state index contributed by atoms with van der Waals surface area (Å²) in [5.74, 6) is 1.64. The zero-order chi connectivity index (χ0) is 21.9. The van der Waals surface area contributed by atoms with Crippen molar-refractivity contribution in [2.24, 2.45) is 4.99 Å². The lowest BCUT2D eigenvalue weighted by Crippen LogP contribution is -2.36. The van der Waals surface area contributed by atoms with Gasteiger partial charge in [0.15, 0.2) is 5.96 Å². The average Bonchev–Trinajstić information content (AvgIpc) is 3.32. The molecule has 0 amide bonds. The number of benzene rings is 2. The van der Waals surface area contributed by atoms with Gasteiger partial charge >= 0.3 is 0 Å². The van der Waals surface area contributed by atoms with Crippen LogP contribution in [0.15, 0.2) is 65.9 Å². The first-order valence-electron chi connectivity index (χ1n) is 10.5. The largest absolute Gasteiger partial charge is 0.491 e. The number of nitrogens with zero attached hydrogens (tertiary/aromatic N) is 3. The van der Waals surface area contributed by atoms with E-state index in [2.05, 4.69) is 59.9 Å². The first-order valence-corrected chi connectivity index (χ1v) is 10.5. The van der Waals surface area contributed by atoms with Gasteiger partial charge in [-0.2, -0.15) is 5.10 Å². The maximum atomic E-state index is 5.89. The molecule has 0 bridgehead atoms. The Kier molecular flexibility index (Phi) is 8.48. The summed E-state index contributed by atoms with van der Waals surface area (Å²) in [6.07, 6.45) is 3.70. The van der Waals surface area contributed by atoms with Gasteiger partial charge in [0.2, 0.25) is 0 Å². The van der Waals surface area contributed by atoms with Crippen LogP contribution in [-0.4, -0.2) is 42.6 Å². The summed E-state index contributed by atoms with van der Waals surface area (Å²) in [6, 6.07) is 16.4. The standard InChI is InChI=1S/C24H31N5O2/c1-4-25-24(26-17-20-7-10-22(11-8-20)29-13-5-12-28-29)27-18-21-9-6-19(2)16-23(21)31-15-14-30-3/h5-13,16H,4,14-15,17-18H2,1-3H3,(H2,25,26,27). The molecule has 0 spiro atoms. The second-order valence-electron chi connectivity index (χ2n) is 7.12. The van der Waals surface area contributed by atoms with Crippen LogP contribution in [0, 0.1) is 6.92 Å². The van der Waals surface area contributed by atoms with E-state index in [1.165, 1.54) is 0 Å². The number of methoxy groups -OCH3 is 1. The van der Waals surface area contributed by atoms with E-state index in [9.17, 15) is 0 Å². The third-order valence-corrected chi connectivity index (χ3v) is 4.68. The van der Waals surface area contributed by atoms with Gasteiger partial charge in [0.25, 0.3) is 0 Å². The predicted octanol–water partition coefficient (Wildman–Crippen LogP) is 3.46. The molecular formula is C24H31N5O2. The van der Waals surface area contributed by atoms with Crippen LogP contribution in [0.25, 0.3) is 5.69 Å². The fourth-order valence-electron chi connectivity index (χ4n) is 3.04. The van der Waals surface area contributed by atoms with Gasteiger partial charge in [0.05, 0.1) is 18.8 Å². The first-order chi connectivity index (χ1) is 15.2. The highest BCUT2D eigenvalue weighted by molar-refractivity contribution is 5.79. The molecule has 2 aromatic carbocycles. The summed E-state index contributed by atoms with van der Waals surface area (Å²) in [6.45, 7) is 7.19. The van der Waals surface area contributed by atoms with Crippen molar-refractivity contribution in [1.29, 1.82) is 0 Å². The number of hydrogen-bond donors (Lipinski definition) is 2. The maximum Gasteiger partial charge on any atom is 0.191 e. The van der Waals surface area contributed by atoms with Crippen molar-refractivity contribution < 1.29 is 9.47 Å². The lowest BCUT2D eigenvalue weighted by atomic mass is 10.1. The second-order valence-corrected chi connectivity index (χ2v) is 7.12. The molecule has 0 saturated heterocycles. The summed E-state index contributed by atoms with van der Waals surface area (Å²) >= 11 is 0. The highest BCUT2D eigenvalue weighted by atomic mass is 16.5. The number of aryl methyl sites for hydroxylation is 1. The Hall–Kier alpha value is -3.32. The molecule has 31 heavy (non-hydrogen) atoms. The SMILES string of the molecule is CCNC(=NCc1ccc(-n2cccn2)cc1)NCc1ccc(C)cc1OCCOC. The third-order valence-electron chi connectivity index (χ3n) is 4.68. The molecule has 2 N–H and O–H groups in total. The lowest BCUT2D eigenvalue weighted by Gasteiger charge is -2.15. The summed E-state index contributed by atoms with van der Waals surface area (Å²) in [5.41, 5.74) is 4.40. The minimum Gasteiger partial charge on any atom is -0.491 e. The van der Waals surface area contributed by atoms with Crippen LogP contribution in [0.1, 0.15) is 23.6 Å². The van der Waals surface area contributed by atoms with Gasteiger partial charge < -0.3 is 20.1 Å². The Morgan fingerprint density at radius 1 is 1.10 bits per heavy atom. The Balaban J connectivity index is 1.62. The molecule has 0 atom stereocenters.